The van der Waals surface area contributed by atoms with Gasteiger partial charge < -0.3 is 5.11 Å². The van der Waals surface area contributed by atoms with Crippen LogP contribution in [0.3, 0.4) is 0 Å². The number of aryl methyl sites for hydroxylation is 1. The van der Waals surface area contributed by atoms with Gasteiger partial charge in [0.2, 0.25) is 0 Å². The van der Waals surface area contributed by atoms with Crippen LogP contribution in [0.2, 0.25) is 5.02 Å². The largest absolute Gasteiger partial charge is 0.507 e. The van der Waals surface area contributed by atoms with E-state index in [0.717, 1.165) is 5.56 Å². The number of Topliss-reactive ketones (excluding diaryl/α,β-unsaturated/α-hetero) is 1. The average molecular weight is 422 g/mol. The fourth-order valence-electron chi connectivity index (χ4n) is 3.53. The molecule has 1 heterocycles. The fraction of sp³-hybridized carbons (Fsp3) is 0.0833. The molecule has 1 amide bonds. The summed E-state index contributed by atoms with van der Waals surface area (Å²) in [6, 6.07) is 18.1. The first-order valence-electron chi connectivity index (χ1n) is 9.26. The molecule has 0 radical (unpaired) electrons. The second-order valence-corrected chi connectivity index (χ2v) is 7.50. The van der Waals surface area contributed by atoms with Crippen molar-refractivity contribution < 1.29 is 19.1 Å². The minimum absolute atomic E-state index is 0.0319. The lowest BCUT2D eigenvalue weighted by molar-refractivity contribution is -0.132. The Kier molecular flexibility index (Phi) is 5.14. The van der Waals surface area contributed by atoms with Crippen LogP contribution in [-0.4, -0.2) is 16.8 Å². The molecular weight excluding hydrogens is 405 g/mol. The molecule has 1 fully saturated rings. The molecule has 0 aliphatic carbocycles. The van der Waals surface area contributed by atoms with Crippen molar-refractivity contribution in [3.63, 3.8) is 0 Å². The van der Waals surface area contributed by atoms with Gasteiger partial charge in [-0.05, 0) is 48.9 Å². The highest BCUT2D eigenvalue weighted by Gasteiger charge is 2.46. The van der Waals surface area contributed by atoms with Gasteiger partial charge in [0.25, 0.3) is 11.7 Å². The first kappa shape index (κ1) is 19.9. The van der Waals surface area contributed by atoms with Gasteiger partial charge in [-0.3, -0.25) is 14.5 Å². The molecule has 0 bridgehead atoms. The standard InChI is InChI=1S/C24H17ClFNO3/c1-14-2-4-16(5-3-14)22(28)20-21(15-6-8-17(25)9-7-15)27(24(30)23(20)29)19-12-10-18(26)11-13-19/h2-13,21,28H,1H3/b22-20+/t21-/m0/s1. The van der Waals surface area contributed by atoms with E-state index in [1.165, 1.54) is 29.2 Å². The monoisotopic (exact) mass is 421 g/mol. The van der Waals surface area contributed by atoms with E-state index in [-0.39, 0.29) is 11.3 Å². The Bertz CT molecular complexity index is 1150. The number of ketones is 1. The van der Waals surface area contributed by atoms with Gasteiger partial charge in [0.1, 0.15) is 11.6 Å². The molecule has 1 atom stereocenters. The van der Waals surface area contributed by atoms with Crippen molar-refractivity contribution in [2.75, 3.05) is 4.90 Å². The molecule has 4 nitrogen and oxygen atoms in total. The number of hydrogen-bond donors (Lipinski definition) is 1. The maximum absolute atomic E-state index is 13.4. The Balaban J connectivity index is 1.93. The summed E-state index contributed by atoms with van der Waals surface area (Å²) in [5.74, 6) is -2.33. The Morgan fingerprint density at radius 1 is 0.933 bits per heavy atom. The molecule has 3 aromatic carbocycles. The van der Waals surface area contributed by atoms with Crippen LogP contribution in [-0.2, 0) is 9.59 Å². The Morgan fingerprint density at radius 3 is 2.13 bits per heavy atom. The minimum atomic E-state index is -0.881. The lowest BCUT2D eigenvalue weighted by Crippen LogP contribution is -2.29. The first-order valence-corrected chi connectivity index (χ1v) is 9.63. The van der Waals surface area contributed by atoms with Gasteiger partial charge in [-0.2, -0.15) is 0 Å². The van der Waals surface area contributed by atoms with Crippen LogP contribution >= 0.6 is 11.6 Å². The number of nitrogens with zero attached hydrogens (tertiary/aromatic N) is 1. The molecule has 6 heteroatoms. The summed E-state index contributed by atoms with van der Waals surface area (Å²) >= 11 is 6.01. The molecule has 1 aliphatic heterocycles. The number of anilines is 1. The number of carbonyl (C=O) groups excluding carboxylic acids is 2. The SMILES string of the molecule is Cc1ccc(/C(O)=C2\C(=O)C(=O)N(c3ccc(F)cc3)[C@H]2c2ccc(Cl)cc2)cc1. The highest BCUT2D eigenvalue weighted by Crippen LogP contribution is 2.42. The number of aliphatic hydroxyl groups is 1. The second-order valence-electron chi connectivity index (χ2n) is 7.06. The molecule has 3 aromatic rings. The van der Waals surface area contributed by atoms with E-state index in [4.69, 9.17) is 11.6 Å². The summed E-state index contributed by atoms with van der Waals surface area (Å²) in [6.07, 6.45) is 0. The first-order chi connectivity index (χ1) is 14.4. The van der Waals surface area contributed by atoms with Crippen LogP contribution in [0.25, 0.3) is 5.76 Å². The molecule has 0 unspecified atom stereocenters. The number of hydrogen-bond acceptors (Lipinski definition) is 3. The summed E-state index contributed by atoms with van der Waals surface area (Å²) in [7, 11) is 0. The predicted octanol–water partition coefficient (Wildman–Crippen LogP) is 5.41. The molecule has 0 aromatic heterocycles. The molecule has 30 heavy (non-hydrogen) atoms. The third-order valence-electron chi connectivity index (χ3n) is 5.06. The zero-order valence-corrected chi connectivity index (χ0v) is 16.7. The zero-order valence-electron chi connectivity index (χ0n) is 16.0. The molecule has 1 saturated heterocycles. The number of carbonyl (C=O) groups is 2. The second kappa shape index (κ2) is 7.76. The van der Waals surface area contributed by atoms with Crippen molar-refractivity contribution in [2.45, 2.75) is 13.0 Å². The predicted molar refractivity (Wildman–Crippen MR) is 114 cm³/mol. The summed E-state index contributed by atoms with van der Waals surface area (Å²) < 4.78 is 13.4. The van der Waals surface area contributed by atoms with Crippen molar-refractivity contribution in [3.8, 4) is 0 Å². The lowest BCUT2D eigenvalue weighted by atomic mass is 9.95. The fourth-order valence-corrected chi connectivity index (χ4v) is 3.65. The van der Waals surface area contributed by atoms with Gasteiger partial charge in [0.05, 0.1) is 11.6 Å². The summed E-state index contributed by atoms with van der Waals surface area (Å²) in [4.78, 5) is 27.2. The molecular formula is C24H17ClFNO3. The molecule has 0 saturated carbocycles. The molecule has 150 valence electrons. The van der Waals surface area contributed by atoms with Crippen molar-refractivity contribution in [3.05, 3.63) is 106 Å². The smallest absolute Gasteiger partial charge is 0.300 e. The van der Waals surface area contributed by atoms with Crippen molar-refractivity contribution in [1.29, 1.82) is 0 Å². The zero-order chi connectivity index (χ0) is 21.4. The Labute approximate surface area is 177 Å². The van der Waals surface area contributed by atoms with E-state index in [2.05, 4.69) is 0 Å². The number of benzene rings is 3. The van der Waals surface area contributed by atoms with Gasteiger partial charge in [0, 0.05) is 16.3 Å². The van der Waals surface area contributed by atoms with Crippen LogP contribution in [0.1, 0.15) is 22.7 Å². The van der Waals surface area contributed by atoms with E-state index < -0.39 is 23.5 Å². The van der Waals surface area contributed by atoms with Crippen LogP contribution < -0.4 is 4.90 Å². The third kappa shape index (κ3) is 3.48. The minimum Gasteiger partial charge on any atom is -0.507 e. The Hall–Kier alpha value is -3.44. The van der Waals surface area contributed by atoms with Crippen molar-refractivity contribution >= 4 is 34.7 Å². The number of rotatable bonds is 3. The highest BCUT2D eigenvalue weighted by atomic mass is 35.5. The van der Waals surface area contributed by atoms with E-state index in [1.807, 2.05) is 19.1 Å². The van der Waals surface area contributed by atoms with Crippen molar-refractivity contribution in [1.82, 2.24) is 0 Å². The van der Waals surface area contributed by atoms with Crippen LogP contribution in [0, 0.1) is 12.7 Å². The van der Waals surface area contributed by atoms with Gasteiger partial charge in [0.15, 0.2) is 0 Å². The van der Waals surface area contributed by atoms with Gasteiger partial charge in [-0.15, -0.1) is 0 Å². The maximum atomic E-state index is 13.4. The number of amides is 1. The number of halogens is 2. The summed E-state index contributed by atoms with van der Waals surface area (Å²) in [6.45, 7) is 1.91. The summed E-state index contributed by atoms with van der Waals surface area (Å²) in [5.41, 5.74) is 2.33. The molecule has 1 aliphatic rings. The Morgan fingerprint density at radius 2 is 1.53 bits per heavy atom. The quantitative estimate of drug-likeness (QED) is 0.349. The lowest BCUT2D eigenvalue weighted by Gasteiger charge is -2.25. The van der Waals surface area contributed by atoms with E-state index >= 15 is 0 Å². The van der Waals surface area contributed by atoms with Crippen molar-refractivity contribution in [2.24, 2.45) is 0 Å². The third-order valence-corrected chi connectivity index (χ3v) is 5.31. The summed E-state index contributed by atoms with van der Waals surface area (Å²) in [5, 5.41) is 11.5. The normalized spacial score (nSPS) is 18.1. The van der Waals surface area contributed by atoms with E-state index in [9.17, 15) is 19.1 Å². The van der Waals surface area contributed by atoms with E-state index in [1.54, 1.807) is 36.4 Å². The van der Waals surface area contributed by atoms with Gasteiger partial charge in [-0.1, -0.05) is 53.6 Å². The molecule has 4 rings (SSSR count). The van der Waals surface area contributed by atoms with Gasteiger partial charge >= 0.3 is 0 Å². The molecule has 1 N–H and O–H groups in total. The maximum Gasteiger partial charge on any atom is 0.300 e. The van der Waals surface area contributed by atoms with E-state index in [0.29, 0.717) is 21.8 Å². The van der Waals surface area contributed by atoms with Crippen LogP contribution in [0.5, 0.6) is 0 Å². The number of aliphatic hydroxyl groups excluding tert-OH is 1. The van der Waals surface area contributed by atoms with Crippen LogP contribution in [0.4, 0.5) is 10.1 Å². The highest BCUT2D eigenvalue weighted by molar-refractivity contribution is 6.51. The average Bonchev–Trinajstić information content (AvgIpc) is 3.00. The topological polar surface area (TPSA) is 57.6 Å². The molecule has 0 spiro atoms. The van der Waals surface area contributed by atoms with Gasteiger partial charge in [-0.25, -0.2) is 4.39 Å². The van der Waals surface area contributed by atoms with Crippen LogP contribution in [0.15, 0.2) is 78.4 Å².